The van der Waals surface area contributed by atoms with Crippen LogP contribution in [0.2, 0.25) is 0 Å². The van der Waals surface area contributed by atoms with Gasteiger partial charge in [-0.15, -0.1) is 11.3 Å². The van der Waals surface area contributed by atoms with Crippen LogP contribution in [-0.2, 0) is 10.2 Å². The van der Waals surface area contributed by atoms with E-state index in [1.54, 1.807) is 11.3 Å². The van der Waals surface area contributed by atoms with Crippen molar-refractivity contribution in [2.24, 2.45) is 5.41 Å². The van der Waals surface area contributed by atoms with Crippen LogP contribution in [0.5, 0.6) is 0 Å². The van der Waals surface area contributed by atoms with Crippen LogP contribution in [0.3, 0.4) is 0 Å². The molecule has 22 heavy (non-hydrogen) atoms. The summed E-state index contributed by atoms with van der Waals surface area (Å²) < 4.78 is 0. The van der Waals surface area contributed by atoms with Gasteiger partial charge >= 0.3 is 0 Å². The number of anilines is 1. The highest BCUT2D eigenvalue weighted by atomic mass is 32.1. The van der Waals surface area contributed by atoms with Gasteiger partial charge in [0.2, 0.25) is 0 Å². The van der Waals surface area contributed by atoms with E-state index >= 15 is 0 Å². The molecule has 1 fully saturated rings. The van der Waals surface area contributed by atoms with Crippen LogP contribution in [0.15, 0.2) is 16.8 Å². The molecule has 3 aliphatic rings. The molecule has 2 heterocycles. The topological polar surface area (TPSA) is 42.0 Å². The SMILES string of the molecule is CC[C@]1(C)C2=C(CC3(CCCCC3)CC2=O)Nc2ncsc21. The average Bonchev–Trinajstić information content (AvgIpc) is 2.96. The van der Waals surface area contributed by atoms with Gasteiger partial charge in [0.05, 0.1) is 10.4 Å². The van der Waals surface area contributed by atoms with Crippen molar-refractivity contribution in [1.82, 2.24) is 4.98 Å². The number of thiazole rings is 1. The predicted molar refractivity (Wildman–Crippen MR) is 90.2 cm³/mol. The minimum atomic E-state index is -0.148. The Morgan fingerprint density at radius 1 is 1.27 bits per heavy atom. The van der Waals surface area contributed by atoms with Gasteiger partial charge in [-0.2, -0.15) is 0 Å². The summed E-state index contributed by atoms with van der Waals surface area (Å²) in [6.07, 6.45) is 9.08. The molecule has 1 aromatic heterocycles. The normalized spacial score (nSPS) is 30.0. The number of Topliss-reactive ketones (excluding diaryl/α,β-unsaturated/α-hetero) is 1. The first-order valence-corrected chi connectivity index (χ1v) is 9.44. The minimum absolute atomic E-state index is 0.148. The molecule has 4 rings (SSSR count). The molecule has 0 unspecified atom stereocenters. The average molecular weight is 316 g/mol. The molecular formula is C18H24N2OS. The molecule has 1 spiro atoms. The largest absolute Gasteiger partial charge is 0.342 e. The molecule has 0 aromatic carbocycles. The summed E-state index contributed by atoms with van der Waals surface area (Å²) in [5.74, 6) is 1.38. The molecular weight excluding hydrogens is 292 g/mol. The number of hydrogen-bond acceptors (Lipinski definition) is 4. The van der Waals surface area contributed by atoms with E-state index in [4.69, 9.17) is 0 Å². The molecule has 1 aromatic rings. The zero-order valence-electron chi connectivity index (χ0n) is 13.5. The Bertz CT molecular complexity index is 654. The van der Waals surface area contributed by atoms with Gasteiger partial charge in [0.25, 0.3) is 0 Å². The van der Waals surface area contributed by atoms with Crippen molar-refractivity contribution in [3.8, 4) is 0 Å². The fourth-order valence-corrected chi connectivity index (χ4v) is 5.83. The Hall–Kier alpha value is -1.16. The van der Waals surface area contributed by atoms with E-state index in [1.807, 2.05) is 5.51 Å². The maximum Gasteiger partial charge on any atom is 0.162 e. The molecule has 1 N–H and O–H groups in total. The van der Waals surface area contributed by atoms with E-state index in [0.717, 1.165) is 30.7 Å². The first-order chi connectivity index (χ1) is 10.6. The Kier molecular flexibility index (Phi) is 3.23. The van der Waals surface area contributed by atoms with Crippen molar-refractivity contribution in [2.75, 3.05) is 5.32 Å². The molecule has 1 saturated carbocycles. The smallest absolute Gasteiger partial charge is 0.162 e. The van der Waals surface area contributed by atoms with Gasteiger partial charge in [0.15, 0.2) is 5.78 Å². The quantitative estimate of drug-likeness (QED) is 0.809. The second-order valence-electron chi connectivity index (χ2n) is 7.53. The van der Waals surface area contributed by atoms with E-state index in [1.165, 1.54) is 42.7 Å². The summed E-state index contributed by atoms with van der Waals surface area (Å²) in [5, 5.41) is 3.53. The third-order valence-electron chi connectivity index (χ3n) is 6.18. The van der Waals surface area contributed by atoms with Crippen molar-refractivity contribution in [3.63, 3.8) is 0 Å². The Morgan fingerprint density at radius 3 is 2.77 bits per heavy atom. The van der Waals surface area contributed by atoms with Gasteiger partial charge in [-0.25, -0.2) is 4.98 Å². The number of ketones is 1. The van der Waals surface area contributed by atoms with Gasteiger partial charge in [0, 0.05) is 23.1 Å². The van der Waals surface area contributed by atoms with E-state index in [2.05, 4.69) is 24.1 Å². The highest BCUT2D eigenvalue weighted by Gasteiger charge is 2.49. The summed E-state index contributed by atoms with van der Waals surface area (Å²) >= 11 is 1.68. The Labute approximate surface area is 136 Å². The minimum Gasteiger partial charge on any atom is -0.342 e. The number of fused-ring (bicyclic) bond motifs is 1. The Morgan fingerprint density at radius 2 is 2.05 bits per heavy atom. The van der Waals surface area contributed by atoms with Gasteiger partial charge in [-0.05, 0) is 31.1 Å². The van der Waals surface area contributed by atoms with Crippen molar-refractivity contribution in [3.05, 3.63) is 21.7 Å². The van der Waals surface area contributed by atoms with Crippen LogP contribution in [0, 0.1) is 5.41 Å². The predicted octanol–water partition coefficient (Wildman–Crippen LogP) is 4.80. The molecule has 3 nitrogen and oxygen atoms in total. The lowest BCUT2D eigenvalue weighted by Gasteiger charge is -2.46. The van der Waals surface area contributed by atoms with Gasteiger partial charge < -0.3 is 5.32 Å². The van der Waals surface area contributed by atoms with E-state index in [-0.39, 0.29) is 10.8 Å². The summed E-state index contributed by atoms with van der Waals surface area (Å²) in [6.45, 7) is 4.43. The van der Waals surface area contributed by atoms with E-state index < -0.39 is 0 Å². The maximum absolute atomic E-state index is 13.1. The number of allylic oxidation sites excluding steroid dienone is 2. The molecule has 2 aliphatic carbocycles. The Balaban J connectivity index is 1.80. The highest BCUT2D eigenvalue weighted by molar-refractivity contribution is 7.10. The second kappa shape index (κ2) is 4.92. The first-order valence-electron chi connectivity index (χ1n) is 8.56. The first kappa shape index (κ1) is 14.4. The fourth-order valence-electron chi connectivity index (χ4n) is 4.85. The third-order valence-corrected chi connectivity index (χ3v) is 7.27. The van der Waals surface area contributed by atoms with Crippen LogP contribution in [-0.4, -0.2) is 10.8 Å². The maximum atomic E-state index is 13.1. The third kappa shape index (κ3) is 1.92. The molecule has 0 radical (unpaired) electrons. The summed E-state index contributed by atoms with van der Waals surface area (Å²) in [5.41, 5.74) is 4.22. The molecule has 118 valence electrons. The van der Waals surface area contributed by atoms with Crippen LogP contribution < -0.4 is 5.32 Å². The van der Waals surface area contributed by atoms with Gasteiger partial charge in [0.1, 0.15) is 5.82 Å². The lowest BCUT2D eigenvalue weighted by Crippen LogP contribution is -2.42. The number of aromatic nitrogens is 1. The number of carbonyl (C=O) groups is 1. The number of rotatable bonds is 1. The number of carbonyl (C=O) groups excluding carboxylic acids is 1. The van der Waals surface area contributed by atoms with Crippen LogP contribution >= 0.6 is 11.3 Å². The standard InChI is InChI=1S/C18H24N2OS/c1-3-17(2)14-12(20-16-15(17)22-11-19-16)9-18(10-13(14)21)7-5-4-6-8-18/h11,20H,3-10H2,1-2H3/t17-/m1/s1. The fraction of sp³-hybridized carbons (Fsp3) is 0.667. The van der Waals surface area contributed by atoms with Crippen LogP contribution in [0.4, 0.5) is 5.82 Å². The molecule has 4 heteroatoms. The van der Waals surface area contributed by atoms with Gasteiger partial charge in [-0.1, -0.05) is 33.1 Å². The van der Waals surface area contributed by atoms with E-state index in [9.17, 15) is 4.79 Å². The molecule has 1 aliphatic heterocycles. The summed E-state index contributed by atoms with van der Waals surface area (Å²) in [6, 6.07) is 0. The van der Waals surface area contributed by atoms with Gasteiger partial charge in [-0.3, -0.25) is 4.79 Å². The number of hydrogen-bond donors (Lipinski definition) is 1. The van der Waals surface area contributed by atoms with E-state index in [0.29, 0.717) is 5.78 Å². The molecule has 0 amide bonds. The summed E-state index contributed by atoms with van der Waals surface area (Å²) in [7, 11) is 0. The zero-order valence-corrected chi connectivity index (χ0v) is 14.3. The lowest BCUT2D eigenvalue weighted by molar-refractivity contribution is -0.120. The van der Waals surface area contributed by atoms with Crippen molar-refractivity contribution < 1.29 is 4.79 Å². The van der Waals surface area contributed by atoms with Crippen LogP contribution in [0.1, 0.15) is 70.1 Å². The molecule has 0 bridgehead atoms. The molecule has 0 saturated heterocycles. The number of nitrogens with zero attached hydrogens (tertiary/aromatic N) is 1. The lowest BCUT2D eigenvalue weighted by atomic mass is 9.60. The van der Waals surface area contributed by atoms with Crippen molar-refractivity contribution in [2.45, 2.75) is 70.6 Å². The monoisotopic (exact) mass is 316 g/mol. The highest BCUT2D eigenvalue weighted by Crippen LogP contribution is 2.55. The van der Waals surface area contributed by atoms with Crippen LogP contribution in [0.25, 0.3) is 0 Å². The number of nitrogens with one attached hydrogen (secondary N) is 1. The summed E-state index contributed by atoms with van der Waals surface area (Å²) in [4.78, 5) is 18.8. The molecule has 1 atom stereocenters. The van der Waals surface area contributed by atoms with Crippen molar-refractivity contribution in [1.29, 1.82) is 0 Å². The second-order valence-corrected chi connectivity index (χ2v) is 8.39. The van der Waals surface area contributed by atoms with Crippen molar-refractivity contribution >= 4 is 22.9 Å². The zero-order chi connectivity index (χ0) is 15.4.